The van der Waals surface area contributed by atoms with Crippen LogP contribution < -0.4 is 0 Å². The van der Waals surface area contributed by atoms with Crippen LogP contribution in [0.25, 0.3) is 0 Å². The molecule has 0 aromatic carbocycles. The first-order valence-corrected chi connectivity index (χ1v) is 4.75. The van der Waals surface area contributed by atoms with Crippen LogP contribution in [0, 0.1) is 16.7 Å². The zero-order chi connectivity index (χ0) is 9.08. The van der Waals surface area contributed by atoms with Crippen molar-refractivity contribution in [2.24, 2.45) is 16.7 Å². The predicted molar refractivity (Wildman–Crippen MR) is 51.2 cm³/mol. The van der Waals surface area contributed by atoms with Gasteiger partial charge in [0.25, 0.3) is 0 Å². The lowest BCUT2D eigenvalue weighted by Gasteiger charge is -2.19. The molecular weight excluding hydrogens is 179 g/mol. The highest BCUT2D eigenvalue weighted by Crippen LogP contribution is 2.73. The summed E-state index contributed by atoms with van der Waals surface area (Å²) in [6.07, 6.45) is 0. The molecule has 1 aliphatic rings. The first-order chi connectivity index (χ1) is 4.62. The molecule has 0 bridgehead atoms. The van der Waals surface area contributed by atoms with Crippen molar-refractivity contribution in [3.8, 4) is 0 Å². The number of halogens is 2. The quantitative estimate of drug-likeness (QED) is 0.515. The van der Waals surface area contributed by atoms with Crippen LogP contribution in [0.1, 0.15) is 34.6 Å². The Morgan fingerprint density at radius 3 is 1.36 bits per heavy atom. The van der Waals surface area contributed by atoms with Crippen molar-refractivity contribution in [2.75, 3.05) is 0 Å². The molecule has 1 aliphatic carbocycles. The van der Waals surface area contributed by atoms with E-state index in [1.54, 1.807) is 0 Å². The van der Waals surface area contributed by atoms with Crippen molar-refractivity contribution in [1.29, 1.82) is 0 Å². The summed E-state index contributed by atoms with van der Waals surface area (Å²) in [5, 5.41) is 0. The summed E-state index contributed by atoms with van der Waals surface area (Å²) in [6.45, 7) is 10.8. The van der Waals surface area contributed by atoms with Gasteiger partial charge < -0.3 is 0 Å². The van der Waals surface area contributed by atoms with Gasteiger partial charge in [-0.05, 0) is 5.41 Å². The lowest BCUT2D eigenvalue weighted by molar-refractivity contribution is 0.300. The van der Waals surface area contributed by atoms with Gasteiger partial charge in [0.1, 0.15) is 4.33 Å². The fourth-order valence-corrected chi connectivity index (χ4v) is 3.59. The van der Waals surface area contributed by atoms with Crippen LogP contribution in [0.5, 0.6) is 0 Å². The molecule has 2 heteroatoms. The molecule has 1 atom stereocenters. The molecule has 0 spiro atoms. The fraction of sp³-hybridized carbons (Fsp3) is 1.00. The summed E-state index contributed by atoms with van der Waals surface area (Å²) in [7, 11) is 0. The van der Waals surface area contributed by atoms with E-state index in [0.29, 0.717) is 5.92 Å². The predicted octanol–water partition coefficient (Wildman–Crippen LogP) is 3.86. The number of hydrogen-bond donors (Lipinski definition) is 0. The first kappa shape index (κ1) is 9.67. The van der Waals surface area contributed by atoms with Crippen molar-refractivity contribution >= 4 is 23.2 Å². The van der Waals surface area contributed by atoms with Crippen LogP contribution in [0.15, 0.2) is 0 Å². The van der Waals surface area contributed by atoms with E-state index < -0.39 is 4.33 Å². The van der Waals surface area contributed by atoms with E-state index in [9.17, 15) is 0 Å². The summed E-state index contributed by atoms with van der Waals surface area (Å²) < 4.78 is -0.509. The van der Waals surface area contributed by atoms with Crippen LogP contribution in [0.3, 0.4) is 0 Å². The third-order valence-corrected chi connectivity index (χ3v) is 4.14. The first-order valence-electron chi connectivity index (χ1n) is 3.99. The third kappa shape index (κ3) is 1.19. The van der Waals surface area contributed by atoms with Gasteiger partial charge in [0.15, 0.2) is 0 Å². The lowest BCUT2D eigenvalue weighted by atomic mass is 9.86. The van der Waals surface area contributed by atoms with E-state index in [0.717, 1.165) is 0 Å². The highest BCUT2D eigenvalue weighted by Gasteiger charge is 2.73. The van der Waals surface area contributed by atoms with Crippen LogP contribution in [-0.4, -0.2) is 4.33 Å². The number of alkyl halides is 2. The molecule has 0 aromatic rings. The third-order valence-electron chi connectivity index (χ3n) is 2.73. The Morgan fingerprint density at radius 2 is 1.36 bits per heavy atom. The molecule has 0 aromatic heterocycles. The topological polar surface area (TPSA) is 0 Å². The smallest absolute Gasteiger partial charge is 0.101 e. The fourth-order valence-electron chi connectivity index (χ4n) is 2.28. The van der Waals surface area contributed by atoms with E-state index in [1.165, 1.54) is 0 Å². The zero-order valence-electron chi connectivity index (χ0n) is 7.83. The highest BCUT2D eigenvalue weighted by molar-refractivity contribution is 6.51. The molecule has 1 saturated carbocycles. The van der Waals surface area contributed by atoms with E-state index in [4.69, 9.17) is 23.2 Å². The molecule has 0 N–H and O–H groups in total. The van der Waals surface area contributed by atoms with Gasteiger partial charge in [-0.2, -0.15) is 0 Å². The van der Waals surface area contributed by atoms with Gasteiger partial charge >= 0.3 is 0 Å². The molecule has 0 saturated heterocycles. The zero-order valence-corrected chi connectivity index (χ0v) is 9.35. The summed E-state index contributed by atoms with van der Waals surface area (Å²) in [5.41, 5.74) is 0.293. The van der Waals surface area contributed by atoms with Gasteiger partial charge in [-0.25, -0.2) is 0 Å². The van der Waals surface area contributed by atoms with Gasteiger partial charge in [0.2, 0.25) is 0 Å². The summed E-state index contributed by atoms with van der Waals surface area (Å²) in [4.78, 5) is 0. The molecule has 0 unspecified atom stereocenters. The van der Waals surface area contributed by atoms with E-state index in [1.807, 2.05) is 0 Å². The largest absolute Gasteiger partial charge is 0.127 e. The Bertz CT molecular complexity index is 160. The number of hydrogen-bond acceptors (Lipinski definition) is 0. The van der Waals surface area contributed by atoms with E-state index in [-0.39, 0.29) is 10.8 Å². The SMILES string of the molecule is CC(C)(C)[C@H]1C(C)(C)C1(Cl)Cl. The van der Waals surface area contributed by atoms with Crippen molar-refractivity contribution in [3.05, 3.63) is 0 Å². The minimum absolute atomic E-state index is 0.0777. The molecule has 0 nitrogen and oxygen atoms in total. The van der Waals surface area contributed by atoms with Crippen molar-refractivity contribution in [1.82, 2.24) is 0 Å². The van der Waals surface area contributed by atoms with Gasteiger partial charge in [-0.15, -0.1) is 23.2 Å². The second-order valence-corrected chi connectivity index (χ2v) is 6.53. The van der Waals surface area contributed by atoms with Crippen molar-refractivity contribution in [2.45, 2.75) is 39.0 Å². The Hall–Kier alpha value is 0.580. The van der Waals surface area contributed by atoms with E-state index in [2.05, 4.69) is 34.6 Å². The standard InChI is InChI=1S/C9H16Cl2/c1-7(2,3)6-8(4,5)9(6,10)11/h6H,1-5H3/t6-/m0/s1. The lowest BCUT2D eigenvalue weighted by Crippen LogP contribution is -2.13. The Kier molecular flexibility index (Phi) is 1.83. The molecule has 0 heterocycles. The normalized spacial score (nSPS) is 33.5. The van der Waals surface area contributed by atoms with Crippen LogP contribution in [0.4, 0.5) is 0 Å². The maximum atomic E-state index is 6.15. The summed E-state index contributed by atoms with van der Waals surface area (Å²) in [5.74, 6) is 0.408. The number of rotatable bonds is 0. The molecule has 66 valence electrons. The van der Waals surface area contributed by atoms with Crippen LogP contribution in [0.2, 0.25) is 0 Å². The summed E-state index contributed by atoms with van der Waals surface area (Å²) >= 11 is 12.3. The molecule has 1 fully saturated rings. The molecule has 11 heavy (non-hydrogen) atoms. The monoisotopic (exact) mass is 194 g/mol. The molecule has 0 aliphatic heterocycles. The molecule has 0 radical (unpaired) electrons. The molecule has 1 rings (SSSR count). The minimum Gasteiger partial charge on any atom is -0.101 e. The molecule has 0 amide bonds. The maximum Gasteiger partial charge on any atom is 0.127 e. The second-order valence-electron chi connectivity index (χ2n) is 5.14. The maximum absolute atomic E-state index is 6.15. The van der Waals surface area contributed by atoms with Crippen molar-refractivity contribution < 1.29 is 0 Å². The summed E-state index contributed by atoms with van der Waals surface area (Å²) in [6, 6.07) is 0. The highest BCUT2D eigenvalue weighted by atomic mass is 35.5. The van der Waals surface area contributed by atoms with E-state index >= 15 is 0 Å². The van der Waals surface area contributed by atoms with Gasteiger partial charge in [-0.1, -0.05) is 34.6 Å². The van der Waals surface area contributed by atoms with Gasteiger partial charge in [0, 0.05) is 11.3 Å². The van der Waals surface area contributed by atoms with Crippen LogP contribution in [-0.2, 0) is 0 Å². The minimum atomic E-state index is -0.509. The average Bonchev–Trinajstić information content (AvgIpc) is 1.93. The van der Waals surface area contributed by atoms with Crippen molar-refractivity contribution in [3.63, 3.8) is 0 Å². The average molecular weight is 195 g/mol. The Balaban J connectivity index is 2.84. The second kappa shape index (κ2) is 2.09. The molecular formula is C9H16Cl2. The van der Waals surface area contributed by atoms with Gasteiger partial charge in [-0.3, -0.25) is 0 Å². The van der Waals surface area contributed by atoms with Crippen LogP contribution >= 0.6 is 23.2 Å². The van der Waals surface area contributed by atoms with Gasteiger partial charge in [0.05, 0.1) is 0 Å². The Labute approximate surface area is 79.3 Å². The Morgan fingerprint density at radius 1 is 1.09 bits per heavy atom.